The minimum atomic E-state index is -0.0767. The van der Waals surface area contributed by atoms with Gasteiger partial charge < -0.3 is 10.1 Å². The van der Waals surface area contributed by atoms with E-state index < -0.39 is 0 Å². The zero-order valence-electron chi connectivity index (χ0n) is 6.08. The van der Waals surface area contributed by atoms with Crippen LogP contribution in [0.5, 0.6) is 0 Å². The van der Waals surface area contributed by atoms with Gasteiger partial charge in [0, 0.05) is 19.6 Å². The molecule has 11 heavy (non-hydrogen) atoms. The summed E-state index contributed by atoms with van der Waals surface area (Å²) in [4.78, 5) is 13.0. The third-order valence-electron chi connectivity index (χ3n) is 2.00. The summed E-state index contributed by atoms with van der Waals surface area (Å²) in [5.74, 6) is -0.0767. The number of carbonyl (C=O) groups excluding carboxylic acids is 1. The van der Waals surface area contributed by atoms with E-state index in [9.17, 15) is 4.79 Å². The molecule has 0 radical (unpaired) electrons. The Labute approximate surface area is 71.3 Å². The standard InChI is InChI=1S/C6H10N2O2.ClH/c9-6-5-3-7-1-2-8(5)4-10-6;/h5,7H,1-4H2;1H/t5-;/m0./s1. The van der Waals surface area contributed by atoms with Gasteiger partial charge in [0.1, 0.15) is 12.8 Å². The zero-order valence-corrected chi connectivity index (χ0v) is 6.89. The molecule has 0 amide bonds. The van der Waals surface area contributed by atoms with Gasteiger partial charge >= 0.3 is 5.97 Å². The van der Waals surface area contributed by atoms with Crippen LogP contribution in [0, 0.1) is 0 Å². The zero-order chi connectivity index (χ0) is 6.97. The van der Waals surface area contributed by atoms with E-state index in [0.717, 1.165) is 19.6 Å². The number of esters is 1. The highest BCUT2D eigenvalue weighted by Crippen LogP contribution is 2.11. The fraction of sp³-hybridized carbons (Fsp3) is 0.833. The lowest BCUT2D eigenvalue weighted by atomic mass is 10.2. The lowest BCUT2D eigenvalue weighted by Gasteiger charge is -2.25. The topological polar surface area (TPSA) is 41.6 Å². The Bertz CT molecular complexity index is 165. The number of fused-ring (bicyclic) bond motifs is 1. The van der Waals surface area contributed by atoms with Crippen molar-refractivity contribution in [3.05, 3.63) is 0 Å². The first-order valence-electron chi connectivity index (χ1n) is 3.49. The Morgan fingerprint density at radius 3 is 3.18 bits per heavy atom. The lowest BCUT2D eigenvalue weighted by molar-refractivity contribution is -0.139. The molecule has 1 N–H and O–H groups in total. The second-order valence-corrected chi connectivity index (χ2v) is 2.62. The number of piperazine rings is 1. The molecule has 0 saturated carbocycles. The third kappa shape index (κ3) is 1.47. The predicted molar refractivity (Wildman–Crippen MR) is 41.6 cm³/mol. The van der Waals surface area contributed by atoms with Crippen LogP contribution in [0.15, 0.2) is 0 Å². The van der Waals surface area contributed by atoms with Gasteiger partial charge in [-0.15, -0.1) is 12.4 Å². The molecule has 0 aromatic carbocycles. The number of nitrogens with zero attached hydrogens (tertiary/aromatic N) is 1. The van der Waals surface area contributed by atoms with Crippen molar-refractivity contribution in [3.63, 3.8) is 0 Å². The highest BCUT2D eigenvalue weighted by Gasteiger charge is 2.35. The third-order valence-corrected chi connectivity index (χ3v) is 2.00. The normalized spacial score (nSPS) is 30.5. The summed E-state index contributed by atoms with van der Waals surface area (Å²) >= 11 is 0. The Hall–Kier alpha value is -0.320. The Kier molecular flexibility index (Phi) is 2.70. The molecule has 2 heterocycles. The van der Waals surface area contributed by atoms with E-state index in [1.807, 2.05) is 0 Å². The first-order chi connectivity index (χ1) is 4.88. The Morgan fingerprint density at radius 1 is 1.64 bits per heavy atom. The maximum atomic E-state index is 10.9. The summed E-state index contributed by atoms with van der Waals surface area (Å²) in [6, 6.07) is -0.00579. The van der Waals surface area contributed by atoms with E-state index in [1.54, 1.807) is 0 Å². The minimum absolute atomic E-state index is 0. The molecule has 2 saturated heterocycles. The number of ether oxygens (including phenoxy) is 1. The smallest absolute Gasteiger partial charge is 0.326 e. The van der Waals surface area contributed by atoms with E-state index in [1.165, 1.54) is 0 Å². The minimum Gasteiger partial charge on any atom is -0.448 e. The van der Waals surface area contributed by atoms with Gasteiger partial charge in [-0.3, -0.25) is 9.69 Å². The second-order valence-electron chi connectivity index (χ2n) is 2.62. The molecule has 2 rings (SSSR count). The summed E-state index contributed by atoms with van der Waals surface area (Å²) in [6.45, 7) is 3.13. The first-order valence-corrected chi connectivity index (χ1v) is 3.49. The average molecular weight is 179 g/mol. The van der Waals surface area contributed by atoms with Gasteiger partial charge in [0.25, 0.3) is 0 Å². The van der Waals surface area contributed by atoms with Crippen molar-refractivity contribution in [3.8, 4) is 0 Å². The molecule has 2 aliphatic rings. The summed E-state index contributed by atoms with van der Waals surface area (Å²) in [7, 11) is 0. The van der Waals surface area contributed by atoms with Gasteiger partial charge in [-0.2, -0.15) is 0 Å². The lowest BCUT2D eigenvalue weighted by Crippen LogP contribution is -2.49. The van der Waals surface area contributed by atoms with Crippen LogP contribution in [0.25, 0.3) is 0 Å². The van der Waals surface area contributed by atoms with Crippen LogP contribution >= 0.6 is 12.4 Å². The SMILES string of the molecule is Cl.O=C1OCN2CCNC[C@@H]12. The van der Waals surface area contributed by atoms with Crippen LogP contribution in [-0.2, 0) is 9.53 Å². The van der Waals surface area contributed by atoms with Crippen molar-refractivity contribution in [2.75, 3.05) is 26.4 Å². The van der Waals surface area contributed by atoms with Crippen molar-refractivity contribution in [2.24, 2.45) is 0 Å². The van der Waals surface area contributed by atoms with Crippen molar-refractivity contribution < 1.29 is 9.53 Å². The van der Waals surface area contributed by atoms with Crippen molar-refractivity contribution in [1.29, 1.82) is 0 Å². The molecule has 0 bridgehead atoms. The molecule has 1 atom stereocenters. The molecule has 2 aliphatic heterocycles. The maximum Gasteiger partial charge on any atom is 0.326 e. The van der Waals surface area contributed by atoms with Gasteiger partial charge in [0.05, 0.1) is 0 Å². The molecule has 5 heteroatoms. The summed E-state index contributed by atoms with van der Waals surface area (Å²) < 4.78 is 4.85. The molecule has 64 valence electrons. The monoisotopic (exact) mass is 178 g/mol. The van der Waals surface area contributed by atoms with Gasteiger partial charge in [-0.05, 0) is 0 Å². The largest absolute Gasteiger partial charge is 0.448 e. The number of hydrogen-bond acceptors (Lipinski definition) is 4. The van der Waals surface area contributed by atoms with E-state index >= 15 is 0 Å². The van der Waals surface area contributed by atoms with E-state index in [2.05, 4.69) is 10.2 Å². The summed E-state index contributed by atoms with van der Waals surface area (Å²) in [5.41, 5.74) is 0. The van der Waals surface area contributed by atoms with Crippen LogP contribution in [0.4, 0.5) is 0 Å². The van der Waals surface area contributed by atoms with Gasteiger partial charge in [-0.1, -0.05) is 0 Å². The molecule has 0 spiro atoms. The highest BCUT2D eigenvalue weighted by atomic mass is 35.5. The molecular formula is C6H11ClN2O2. The number of hydrogen-bond donors (Lipinski definition) is 1. The van der Waals surface area contributed by atoms with Crippen LogP contribution in [0.2, 0.25) is 0 Å². The fourth-order valence-corrected chi connectivity index (χ4v) is 1.38. The fourth-order valence-electron chi connectivity index (χ4n) is 1.38. The summed E-state index contributed by atoms with van der Waals surface area (Å²) in [6.07, 6.45) is 0. The Balaban J connectivity index is 0.000000605. The van der Waals surface area contributed by atoms with Gasteiger partial charge in [-0.25, -0.2) is 0 Å². The van der Waals surface area contributed by atoms with Crippen molar-refractivity contribution in [2.45, 2.75) is 6.04 Å². The number of halogens is 1. The molecule has 2 fully saturated rings. The number of cyclic esters (lactones) is 1. The molecular weight excluding hydrogens is 168 g/mol. The predicted octanol–water partition coefficient (Wildman–Crippen LogP) is -0.804. The first kappa shape index (κ1) is 8.77. The Morgan fingerprint density at radius 2 is 2.45 bits per heavy atom. The van der Waals surface area contributed by atoms with Crippen LogP contribution < -0.4 is 5.32 Å². The van der Waals surface area contributed by atoms with Crippen molar-refractivity contribution in [1.82, 2.24) is 10.2 Å². The molecule has 0 aliphatic carbocycles. The second kappa shape index (κ2) is 3.38. The molecule has 0 unspecified atom stereocenters. The average Bonchev–Trinajstić information content (AvgIpc) is 2.34. The van der Waals surface area contributed by atoms with Gasteiger partial charge in [0.2, 0.25) is 0 Å². The van der Waals surface area contributed by atoms with E-state index in [0.29, 0.717) is 6.73 Å². The van der Waals surface area contributed by atoms with Crippen LogP contribution in [0.3, 0.4) is 0 Å². The number of carbonyl (C=O) groups is 1. The molecule has 0 aromatic rings. The van der Waals surface area contributed by atoms with Gasteiger partial charge in [0.15, 0.2) is 0 Å². The highest BCUT2D eigenvalue weighted by molar-refractivity contribution is 5.85. The van der Waals surface area contributed by atoms with E-state index in [-0.39, 0.29) is 24.4 Å². The van der Waals surface area contributed by atoms with Crippen LogP contribution in [0.1, 0.15) is 0 Å². The van der Waals surface area contributed by atoms with Crippen LogP contribution in [-0.4, -0.2) is 43.3 Å². The quantitative estimate of drug-likeness (QED) is 0.493. The van der Waals surface area contributed by atoms with E-state index in [4.69, 9.17) is 4.74 Å². The number of rotatable bonds is 0. The number of nitrogens with one attached hydrogen (secondary N) is 1. The summed E-state index contributed by atoms with van der Waals surface area (Å²) in [5, 5.41) is 3.14. The van der Waals surface area contributed by atoms with Crippen molar-refractivity contribution >= 4 is 18.4 Å². The maximum absolute atomic E-state index is 10.9. The molecule has 4 nitrogen and oxygen atoms in total. The molecule has 0 aromatic heterocycles.